The fourth-order valence-corrected chi connectivity index (χ4v) is 4.06. The Hall–Kier alpha value is -3.03. The van der Waals surface area contributed by atoms with Crippen LogP contribution in [0.2, 0.25) is 0 Å². The van der Waals surface area contributed by atoms with Crippen LogP contribution in [0, 0.1) is 29.1 Å². The molecule has 2 fully saturated rings. The number of halogens is 4. The molecule has 4 rings (SSSR count). The van der Waals surface area contributed by atoms with Crippen LogP contribution in [-0.4, -0.2) is 45.0 Å². The van der Waals surface area contributed by atoms with Crippen LogP contribution in [0.25, 0.3) is 0 Å². The minimum absolute atomic E-state index is 0.0213. The zero-order valence-electron chi connectivity index (χ0n) is 15.2. The average molecular weight is 410 g/mol. The highest BCUT2D eigenvalue weighted by atomic mass is 19.4. The SMILES string of the molecule is N#CN1C[C@H]2CC[C@@H](C1)[C@@H]2Nc1nc(Oc2cccc(F)c2)n(CC(F)(F)F)n1. The van der Waals surface area contributed by atoms with Crippen molar-refractivity contribution in [2.45, 2.75) is 31.6 Å². The molecule has 1 saturated heterocycles. The minimum atomic E-state index is -4.53. The summed E-state index contributed by atoms with van der Waals surface area (Å²) in [5.74, 6) is -0.155. The predicted octanol–water partition coefficient (Wildman–Crippen LogP) is 3.38. The van der Waals surface area contributed by atoms with Crippen LogP contribution in [-0.2, 0) is 6.54 Å². The number of nitrogens with one attached hydrogen (secondary N) is 1. The van der Waals surface area contributed by atoms with E-state index in [0.717, 1.165) is 18.9 Å². The molecule has 29 heavy (non-hydrogen) atoms. The summed E-state index contributed by atoms with van der Waals surface area (Å²) in [5, 5.41) is 16.2. The van der Waals surface area contributed by atoms with Gasteiger partial charge in [-0.1, -0.05) is 6.07 Å². The lowest BCUT2D eigenvalue weighted by atomic mass is 9.92. The minimum Gasteiger partial charge on any atom is -0.424 e. The number of likely N-dealkylation sites (tertiary alicyclic amines) is 1. The summed E-state index contributed by atoms with van der Waals surface area (Å²) < 4.78 is 58.2. The maximum atomic E-state index is 13.4. The number of rotatable bonds is 5. The predicted molar refractivity (Wildman–Crippen MR) is 93.4 cm³/mol. The van der Waals surface area contributed by atoms with Gasteiger partial charge in [-0.15, -0.1) is 5.10 Å². The summed E-state index contributed by atoms with van der Waals surface area (Å²) in [6.07, 6.45) is -0.517. The monoisotopic (exact) mass is 410 g/mol. The number of hydrogen-bond acceptors (Lipinski definition) is 6. The lowest BCUT2D eigenvalue weighted by Crippen LogP contribution is -2.46. The number of hydrogen-bond donors (Lipinski definition) is 1. The van der Waals surface area contributed by atoms with E-state index < -0.39 is 18.5 Å². The summed E-state index contributed by atoms with van der Waals surface area (Å²) >= 11 is 0. The Balaban J connectivity index is 1.56. The Labute approximate surface area is 163 Å². The van der Waals surface area contributed by atoms with E-state index in [4.69, 9.17) is 10.00 Å². The van der Waals surface area contributed by atoms with E-state index in [0.29, 0.717) is 17.8 Å². The lowest BCUT2D eigenvalue weighted by molar-refractivity contribution is -0.143. The number of piperidine rings is 1. The molecule has 154 valence electrons. The molecule has 7 nitrogen and oxygen atoms in total. The van der Waals surface area contributed by atoms with Crippen LogP contribution in [0.3, 0.4) is 0 Å². The third kappa shape index (κ3) is 4.36. The number of nitrogens with zero attached hydrogens (tertiary/aromatic N) is 5. The molecule has 1 aromatic heterocycles. The van der Waals surface area contributed by atoms with E-state index in [1.807, 2.05) is 0 Å². The quantitative estimate of drug-likeness (QED) is 0.602. The van der Waals surface area contributed by atoms with Crippen molar-refractivity contribution >= 4 is 5.95 Å². The zero-order valence-corrected chi connectivity index (χ0v) is 15.2. The van der Waals surface area contributed by atoms with Gasteiger partial charge >= 0.3 is 12.2 Å². The van der Waals surface area contributed by atoms with Crippen LogP contribution in [0.5, 0.6) is 11.8 Å². The highest BCUT2D eigenvalue weighted by molar-refractivity contribution is 5.32. The van der Waals surface area contributed by atoms with Crippen molar-refractivity contribution in [1.82, 2.24) is 19.7 Å². The molecule has 1 aromatic carbocycles. The highest BCUT2D eigenvalue weighted by Crippen LogP contribution is 2.38. The van der Waals surface area contributed by atoms with Gasteiger partial charge in [0.1, 0.15) is 18.1 Å². The second kappa shape index (κ2) is 7.42. The van der Waals surface area contributed by atoms with Gasteiger partial charge in [-0.3, -0.25) is 0 Å². The van der Waals surface area contributed by atoms with Gasteiger partial charge in [0.15, 0.2) is 6.19 Å². The first-order valence-electron chi connectivity index (χ1n) is 9.17. The van der Waals surface area contributed by atoms with Crippen molar-refractivity contribution in [2.24, 2.45) is 11.8 Å². The number of benzene rings is 1. The molecule has 0 unspecified atom stereocenters. The van der Waals surface area contributed by atoms with Crippen LogP contribution in [0.4, 0.5) is 23.5 Å². The third-order valence-electron chi connectivity index (χ3n) is 5.24. The summed E-state index contributed by atoms with van der Waals surface area (Å²) in [7, 11) is 0. The lowest BCUT2D eigenvalue weighted by Gasteiger charge is -2.35. The molecule has 0 spiro atoms. The molecule has 2 bridgehead atoms. The topological polar surface area (TPSA) is 79.0 Å². The van der Waals surface area contributed by atoms with E-state index in [2.05, 4.69) is 21.6 Å². The first-order chi connectivity index (χ1) is 13.8. The molecule has 2 aromatic rings. The molecule has 11 heteroatoms. The number of aromatic nitrogens is 3. The molecular formula is C18H18F4N6O. The first kappa shape index (κ1) is 19.3. The van der Waals surface area contributed by atoms with Gasteiger partial charge in [0.05, 0.1) is 0 Å². The van der Waals surface area contributed by atoms with Crippen LogP contribution < -0.4 is 10.1 Å². The van der Waals surface area contributed by atoms with Crippen LogP contribution in [0.1, 0.15) is 12.8 Å². The number of anilines is 1. The number of alkyl halides is 3. The smallest absolute Gasteiger partial charge is 0.408 e. The van der Waals surface area contributed by atoms with E-state index in [9.17, 15) is 17.6 Å². The van der Waals surface area contributed by atoms with Gasteiger partial charge < -0.3 is 15.0 Å². The van der Waals surface area contributed by atoms with Crippen molar-refractivity contribution < 1.29 is 22.3 Å². The Morgan fingerprint density at radius 2 is 1.97 bits per heavy atom. The second-order valence-electron chi connectivity index (χ2n) is 7.32. The molecule has 2 aliphatic rings. The molecule has 3 atom stereocenters. The molecular weight excluding hydrogens is 392 g/mol. The molecule has 0 radical (unpaired) electrons. The highest BCUT2D eigenvalue weighted by Gasteiger charge is 2.42. The Bertz CT molecular complexity index is 910. The molecule has 1 aliphatic heterocycles. The summed E-state index contributed by atoms with van der Waals surface area (Å²) in [5.41, 5.74) is 0. The number of ether oxygens (including phenoxy) is 1. The molecule has 1 aliphatic carbocycles. The van der Waals surface area contributed by atoms with Crippen molar-refractivity contribution in [3.8, 4) is 18.0 Å². The van der Waals surface area contributed by atoms with Gasteiger partial charge in [0.2, 0.25) is 5.95 Å². The van der Waals surface area contributed by atoms with Gasteiger partial charge in [-0.05, 0) is 36.8 Å². The summed E-state index contributed by atoms with van der Waals surface area (Å²) in [6, 6.07) is 4.65. The van der Waals surface area contributed by atoms with E-state index in [1.165, 1.54) is 18.2 Å². The Morgan fingerprint density at radius 3 is 2.59 bits per heavy atom. The Morgan fingerprint density at radius 1 is 1.24 bits per heavy atom. The van der Waals surface area contributed by atoms with Gasteiger partial charge in [-0.25, -0.2) is 9.07 Å². The van der Waals surface area contributed by atoms with Gasteiger partial charge in [-0.2, -0.15) is 23.4 Å². The number of nitriles is 1. The molecule has 1 N–H and O–H groups in total. The third-order valence-corrected chi connectivity index (χ3v) is 5.24. The van der Waals surface area contributed by atoms with Crippen LogP contribution in [0.15, 0.2) is 24.3 Å². The molecule has 0 amide bonds. The van der Waals surface area contributed by atoms with Crippen molar-refractivity contribution in [2.75, 3.05) is 18.4 Å². The molecule has 1 saturated carbocycles. The van der Waals surface area contributed by atoms with Gasteiger partial charge in [0, 0.05) is 25.2 Å². The van der Waals surface area contributed by atoms with Crippen molar-refractivity contribution in [1.29, 1.82) is 5.26 Å². The normalized spacial score (nSPS) is 23.7. The average Bonchev–Trinajstić information content (AvgIpc) is 3.09. The van der Waals surface area contributed by atoms with Crippen molar-refractivity contribution in [3.63, 3.8) is 0 Å². The summed E-state index contributed by atoms with van der Waals surface area (Å²) in [6.45, 7) is -0.187. The molecule has 2 heterocycles. The first-order valence-corrected chi connectivity index (χ1v) is 9.17. The number of fused-ring (bicyclic) bond motifs is 2. The fraction of sp³-hybridized carbons (Fsp3) is 0.500. The Kier molecular flexibility index (Phi) is 4.94. The van der Waals surface area contributed by atoms with Gasteiger partial charge in [0.25, 0.3) is 0 Å². The maximum Gasteiger partial charge on any atom is 0.408 e. The summed E-state index contributed by atoms with van der Waals surface area (Å²) in [4.78, 5) is 5.77. The second-order valence-corrected chi connectivity index (χ2v) is 7.32. The van der Waals surface area contributed by atoms with E-state index in [1.54, 1.807) is 4.90 Å². The van der Waals surface area contributed by atoms with E-state index >= 15 is 0 Å². The van der Waals surface area contributed by atoms with Crippen LogP contribution >= 0.6 is 0 Å². The largest absolute Gasteiger partial charge is 0.424 e. The van der Waals surface area contributed by atoms with Crippen molar-refractivity contribution in [3.05, 3.63) is 30.1 Å². The fourth-order valence-electron chi connectivity index (χ4n) is 4.06. The zero-order chi connectivity index (χ0) is 20.6. The standard InChI is InChI=1S/C18H18F4N6O/c19-13-2-1-3-14(6-13)29-17-25-16(26-28(17)9-18(20,21)22)24-15-11-4-5-12(15)8-27(7-11)10-23/h1-3,6,11-12,15H,4-5,7-9H2,(H,24,26)/t11-,12+,15-. The van der Waals surface area contributed by atoms with E-state index in [-0.39, 0.29) is 35.6 Å². The maximum absolute atomic E-state index is 13.4.